The molecule has 70 valence electrons. The smallest absolute Gasteiger partial charge is 0.0273 e. The summed E-state index contributed by atoms with van der Waals surface area (Å²) in [5.74, 6) is 0. The average molecular weight is 184 g/mol. The van der Waals surface area contributed by atoms with Crippen LogP contribution in [0.15, 0.2) is 48.8 Å². The normalized spacial score (nSPS) is 10.1. The van der Waals surface area contributed by atoms with Gasteiger partial charge in [-0.05, 0) is 28.8 Å². The topological polar surface area (TPSA) is 38.9 Å². The molecule has 0 radical (unpaired) electrons. The summed E-state index contributed by atoms with van der Waals surface area (Å²) in [5, 5.41) is 0. The zero-order valence-electron chi connectivity index (χ0n) is 7.85. The lowest BCUT2D eigenvalue weighted by atomic mass is 10.1. The molecule has 0 unspecified atom stereocenters. The Morgan fingerprint density at radius 3 is 2.00 bits per heavy atom. The van der Waals surface area contributed by atoms with Crippen LogP contribution in [0.5, 0.6) is 0 Å². The Labute approximate surface area is 83.4 Å². The van der Waals surface area contributed by atoms with Crippen LogP contribution in [0.2, 0.25) is 0 Å². The van der Waals surface area contributed by atoms with Crippen LogP contribution in [0.3, 0.4) is 0 Å². The molecule has 2 aromatic rings. The summed E-state index contributed by atoms with van der Waals surface area (Å²) >= 11 is 0. The quantitative estimate of drug-likeness (QED) is 0.777. The summed E-state index contributed by atoms with van der Waals surface area (Å²) in [5.41, 5.74) is 9.07. The number of hydrogen-bond donors (Lipinski definition) is 1. The first kappa shape index (κ1) is 8.91. The van der Waals surface area contributed by atoms with Crippen LogP contribution in [0, 0.1) is 0 Å². The standard InChI is InChI=1S/C12H12N2/c13-9-10-1-3-11(4-2-10)12-5-7-14-8-6-12/h1-8H,9,13H2. The van der Waals surface area contributed by atoms with Gasteiger partial charge in [0.05, 0.1) is 0 Å². The Bertz CT molecular complexity index is 392. The van der Waals surface area contributed by atoms with Gasteiger partial charge in [-0.25, -0.2) is 0 Å². The van der Waals surface area contributed by atoms with Crippen molar-refractivity contribution < 1.29 is 0 Å². The minimum absolute atomic E-state index is 0.594. The third kappa shape index (κ3) is 1.80. The largest absolute Gasteiger partial charge is 0.326 e. The molecule has 2 heteroatoms. The predicted molar refractivity (Wildman–Crippen MR) is 57.6 cm³/mol. The van der Waals surface area contributed by atoms with Crippen molar-refractivity contribution in [3.63, 3.8) is 0 Å². The van der Waals surface area contributed by atoms with Crippen LogP contribution in [-0.2, 0) is 6.54 Å². The van der Waals surface area contributed by atoms with Gasteiger partial charge >= 0.3 is 0 Å². The van der Waals surface area contributed by atoms with E-state index in [9.17, 15) is 0 Å². The Morgan fingerprint density at radius 1 is 0.857 bits per heavy atom. The van der Waals surface area contributed by atoms with Gasteiger partial charge in [-0.2, -0.15) is 0 Å². The van der Waals surface area contributed by atoms with Gasteiger partial charge < -0.3 is 5.73 Å². The van der Waals surface area contributed by atoms with Crippen molar-refractivity contribution in [1.29, 1.82) is 0 Å². The molecule has 1 aromatic heterocycles. The third-order valence-electron chi connectivity index (χ3n) is 2.20. The van der Waals surface area contributed by atoms with E-state index >= 15 is 0 Å². The first-order valence-corrected chi connectivity index (χ1v) is 4.59. The Kier molecular flexibility index (Phi) is 2.56. The van der Waals surface area contributed by atoms with Crippen molar-refractivity contribution in [2.24, 2.45) is 5.73 Å². The maximum atomic E-state index is 5.53. The molecule has 0 bridgehead atoms. The summed E-state index contributed by atoms with van der Waals surface area (Å²) in [6.07, 6.45) is 3.60. The molecule has 2 rings (SSSR count). The highest BCUT2D eigenvalue weighted by atomic mass is 14.6. The molecule has 0 aliphatic carbocycles. The highest BCUT2D eigenvalue weighted by Crippen LogP contribution is 2.18. The molecule has 0 saturated heterocycles. The SMILES string of the molecule is NCc1ccc(-c2ccncc2)cc1. The summed E-state index contributed by atoms with van der Waals surface area (Å²) < 4.78 is 0. The molecule has 1 heterocycles. The van der Waals surface area contributed by atoms with Crippen molar-refractivity contribution in [2.75, 3.05) is 0 Å². The molecule has 2 N–H and O–H groups in total. The first-order chi connectivity index (χ1) is 6.90. The van der Waals surface area contributed by atoms with Crippen LogP contribution in [-0.4, -0.2) is 4.98 Å². The van der Waals surface area contributed by atoms with Crippen LogP contribution < -0.4 is 5.73 Å². The average Bonchev–Trinajstić information content (AvgIpc) is 2.30. The molecule has 0 amide bonds. The van der Waals surface area contributed by atoms with E-state index in [2.05, 4.69) is 29.2 Å². The minimum Gasteiger partial charge on any atom is -0.326 e. The second kappa shape index (κ2) is 4.03. The second-order valence-corrected chi connectivity index (χ2v) is 3.14. The highest BCUT2D eigenvalue weighted by Gasteiger charge is 1.95. The molecule has 2 nitrogen and oxygen atoms in total. The molecule has 0 spiro atoms. The number of hydrogen-bond acceptors (Lipinski definition) is 2. The molecule has 0 atom stereocenters. The lowest BCUT2D eigenvalue weighted by Crippen LogP contribution is -1.95. The van der Waals surface area contributed by atoms with Gasteiger partial charge in [0.15, 0.2) is 0 Å². The number of nitrogens with zero attached hydrogens (tertiary/aromatic N) is 1. The Hall–Kier alpha value is -1.67. The number of aromatic nitrogens is 1. The van der Waals surface area contributed by atoms with Gasteiger partial charge in [0.1, 0.15) is 0 Å². The van der Waals surface area contributed by atoms with Crippen LogP contribution in [0.4, 0.5) is 0 Å². The van der Waals surface area contributed by atoms with Crippen LogP contribution in [0.25, 0.3) is 11.1 Å². The molecule has 0 fully saturated rings. The molecule has 0 saturated carbocycles. The van der Waals surface area contributed by atoms with Gasteiger partial charge in [-0.15, -0.1) is 0 Å². The fraction of sp³-hybridized carbons (Fsp3) is 0.0833. The van der Waals surface area contributed by atoms with Crippen LogP contribution >= 0.6 is 0 Å². The van der Waals surface area contributed by atoms with E-state index in [1.165, 1.54) is 11.1 Å². The van der Waals surface area contributed by atoms with E-state index in [1.54, 1.807) is 12.4 Å². The number of benzene rings is 1. The van der Waals surface area contributed by atoms with E-state index < -0.39 is 0 Å². The number of rotatable bonds is 2. The summed E-state index contributed by atoms with van der Waals surface area (Å²) in [7, 11) is 0. The van der Waals surface area contributed by atoms with Crippen molar-refractivity contribution in [1.82, 2.24) is 4.98 Å². The number of pyridine rings is 1. The zero-order valence-corrected chi connectivity index (χ0v) is 7.85. The van der Waals surface area contributed by atoms with Crippen molar-refractivity contribution in [2.45, 2.75) is 6.54 Å². The van der Waals surface area contributed by atoms with Gasteiger partial charge in [0, 0.05) is 18.9 Å². The number of nitrogens with two attached hydrogens (primary N) is 1. The summed E-state index contributed by atoms with van der Waals surface area (Å²) in [6.45, 7) is 0.594. The maximum Gasteiger partial charge on any atom is 0.0273 e. The van der Waals surface area contributed by atoms with Crippen molar-refractivity contribution in [3.8, 4) is 11.1 Å². The summed E-state index contributed by atoms with van der Waals surface area (Å²) in [6, 6.07) is 12.3. The monoisotopic (exact) mass is 184 g/mol. The molecule has 0 aliphatic heterocycles. The lowest BCUT2D eigenvalue weighted by Gasteiger charge is -2.01. The second-order valence-electron chi connectivity index (χ2n) is 3.14. The minimum atomic E-state index is 0.594. The van der Waals surface area contributed by atoms with E-state index in [0.29, 0.717) is 6.54 Å². The van der Waals surface area contributed by atoms with Crippen molar-refractivity contribution >= 4 is 0 Å². The molecule has 1 aromatic carbocycles. The fourth-order valence-electron chi connectivity index (χ4n) is 1.38. The van der Waals surface area contributed by atoms with Gasteiger partial charge in [0.2, 0.25) is 0 Å². The Morgan fingerprint density at radius 2 is 1.43 bits per heavy atom. The van der Waals surface area contributed by atoms with E-state index in [1.807, 2.05) is 12.1 Å². The Balaban J connectivity index is 2.34. The summed E-state index contributed by atoms with van der Waals surface area (Å²) in [4.78, 5) is 3.98. The van der Waals surface area contributed by atoms with Crippen molar-refractivity contribution in [3.05, 3.63) is 54.4 Å². The van der Waals surface area contributed by atoms with E-state index in [-0.39, 0.29) is 0 Å². The van der Waals surface area contributed by atoms with Gasteiger partial charge in [-0.1, -0.05) is 24.3 Å². The van der Waals surface area contributed by atoms with Gasteiger partial charge in [0.25, 0.3) is 0 Å². The molecule has 0 aliphatic rings. The predicted octanol–water partition coefficient (Wildman–Crippen LogP) is 2.21. The molecular weight excluding hydrogens is 172 g/mol. The van der Waals surface area contributed by atoms with E-state index in [4.69, 9.17) is 5.73 Å². The van der Waals surface area contributed by atoms with Gasteiger partial charge in [-0.3, -0.25) is 4.98 Å². The van der Waals surface area contributed by atoms with Crippen LogP contribution in [0.1, 0.15) is 5.56 Å². The molecular formula is C12H12N2. The zero-order chi connectivity index (χ0) is 9.80. The van der Waals surface area contributed by atoms with E-state index in [0.717, 1.165) is 5.56 Å². The highest BCUT2D eigenvalue weighted by molar-refractivity contribution is 5.62. The third-order valence-corrected chi connectivity index (χ3v) is 2.20. The maximum absolute atomic E-state index is 5.53. The fourth-order valence-corrected chi connectivity index (χ4v) is 1.38. The molecule has 14 heavy (non-hydrogen) atoms. The lowest BCUT2D eigenvalue weighted by molar-refractivity contribution is 1.07. The first-order valence-electron chi connectivity index (χ1n) is 4.59.